The maximum absolute atomic E-state index is 5.20. The highest BCUT2D eigenvalue weighted by atomic mass is 16.5. The Labute approximate surface area is 146 Å². The summed E-state index contributed by atoms with van der Waals surface area (Å²) < 4.78 is 5.20. The fourth-order valence-electron chi connectivity index (χ4n) is 2.86. The van der Waals surface area contributed by atoms with Crippen molar-refractivity contribution in [2.75, 3.05) is 12.4 Å². The lowest BCUT2D eigenvalue weighted by molar-refractivity contribution is 0.414. The molecule has 4 aromatic rings. The minimum Gasteiger partial charge on any atom is -0.497 e. The van der Waals surface area contributed by atoms with Crippen LogP contribution in [0.15, 0.2) is 72.8 Å². The summed E-state index contributed by atoms with van der Waals surface area (Å²) in [7, 11) is 1.68. The number of ether oxygens (including phenoxy) is 1. The minimum absolute atomic E-state index is 0.737. The lowest BCUT2D eigenvalue weighted by Crippen LogP contribution is -2.01. The molecule has 1 heterocycles. The normalized spacial score (nSPS) is 10.8. The number of H-pyrrole nitrogens is 1. The molecule has 0 aliphatic rings. The fraction of sp³-hybridized carbons (Fsp3) is 0.0952. The van der Waals surface area contributed by atoms with Gasteiger partial charge in [0.25, 0.3) is 0 Å². The zero-order chi connectivity index (χ0) is 17.1. The second-order valence-electron chi connectivity index (χ2n) is 5.85. The van der Waals surface area contributed by atoms with Gasteiger partial charge in [0.05, 0.1) is 18.1 Å². The van der Waals surface area contributed by atoms with Gasteiger partial charge >= 0.3 is 0 Å². The Hall–Kier alpha value is -3.27. The number of hydrogen-bond acceptors (Lipinski definition) is 3. The van der Waals surface area contributed by atoms with Crippen molar-refractivity contribution in [3.05, 3.63) is 78.4 Å². The Morgan fingerprint density at radius 1 is 0.920 bits per heavy atom. The highest BCUT2D eigenvalue weighted by Crippen LogP contribution is 2.28. The predicted molar refractivity (Wildman–Crippen MR) is 102 cm³/mol. The minimum atomic E-state index is 0.737. The molecule has 0 radical (unpaired) electrons. The Balaban J connectivity index is 1.60. The van der Waals surface area contributed by atoms with Crippen LogP contribution in [-0.2, 0) is 6.54 Å². The van der Waals surface area contributed by atoms with Crippen molar-refractivity contribution in [1.29, 1.82) is 0 Å². The van der Waals surface area contributed by atoms with Crippen LogP contribution in [0.3, 0.4) is 0 Å². The summed E-state index contributed by atoms with van der Waals surface area (Å²) in [4.78, 5) is 8.11. The van der Waals surface area contributed by atoms with Gasteiger partial charge in [0.2, 0.25) is 0 Å². The average molecular weight is 329 g/mol. The van der Waals surface area contributed by atoms with Crippen molar-refractivity contribution in [1.82, 2.24) is 9.97 Å². The molecule has 0 saturated carbocycles. The van der Waals surface area contributed by atoms with E-state index in [4.69, 9.17) is 9.72 Å². The number of methoxy groups -OCH3 is 1. The van der Waals surface area contributed by atoms with E-state index in [9.17, 15) is 0 Å². The van der Waals surface area contributed by atoms with Crippen molar-refractivity contribution >= 4 is 16.7 Å². The first kappa shape index (κ1) is 15.3. The number of aromatic amines is 1. The van der Waals surface area contributed by atoms with E-state index in [0.717, 1.165) is 40.4 Å². The van der Waals surface area contributed by atoms with Crippen LogP contribution < -0.4 is 10.1 Å². The second kappa shape index (κ2) is 6.69. The van der Waals surface area contributed by atoms with Crippen LogP contribution in [0.4, 0.5) is 5.69 Å². The van der Waals surface area contributed by atoms with Crippen molar-refractivity contribution in [2.45, 2.75) is 6.54 Å². The summed E-state index contributed by atoms with van der Waals surface area (Å²) in [6, 6.07) is 24.4. The molecule has 0 aliphatic heterocycles. The fourth-order valence-corrected chi connectivity index (χ4v) is 2.86. The van der Waals surface area contributed by atoms with Gasteiger partial charge in [-0.15, -0.1) is 0 Å². The van der Waals surface area contributed by atoms with Crippen LogP contribution in [0, 0.1) is 0 Å². The standard InChI is InChI=1S/C21H19N3O/c1-25-16-12-10-15(11-13-16)14-22-18-7-3-2-6-17(18)21-23-19-8-4-5-9-20(19)24-21/h2-13,22H,14H2,1H3,(H,23,24). The van der Waals surface area contributed by atoms with Gasteiger partial charge in [0.15, 0.2) is 0 Å². The van der Waals surface area contributed by atoms with Crippen molar-refractivity contribution in [3.63, 3.8) is 0 Å². The topological polar surface area (TPSA) is 49.9 Å². The van der Waals surface area contributed by atoms with Crippen LogP contribution in [0.2, 0.25) is 0 Å². The zero-order valence-corrected chi connectivity index (χ0v) is 14.0. The molecule has 0 amide bonds. The largest absolute Gasteiger partial charge is 0.497 e. The Kier molecular flexibility index (Phi) is 4.09. The maximum Gasteiger partial charge on any atom is 0.140 e. The first-order valence-corrected chi connectivity index (χ1v) is 8.24. The predicted octanol–water partition coefficient (Wildman–Crippen LogP) is 4.85. The Morgan fingerprint density at radius 2 is 1.68 bits per heavy atom. The van der Waals surface area contributed by atoms with E-state index in [2.05, 4.69) is 34.6 Å². The molecule has 0 atom stereocenters. The smallest absolute Gasteiger partial charge is 0.140 e. The molecule has 4 rings (SSSR count). The number of aromatic nitrogens is 2. The molecule has 1 aromatic heterocycles. The third-order valence-electron chi connectivity index (χ3n) is 4.21. The molecule has 0 saturated heterocycles. The van der Waals surface area contributed by atoms with E-state index in [1.807, 2.05) is 48.5 Å². The molecule has 2 N–H and O–H groups in total. The van der Waals surface area contributed by atoms with Crippen molar-refractivity contribution in [3.8, 4) is 17.1 Å². The number of anilines is 1. The van der Waals surface area contributed by atoms with Gasteiger partial charge < -0.3 is 15.0 Å². The molecule has 0 fully saturated rings. The number of imidazole rings is 1. The second-order valence-corrected chi connectivity index (χ2v) is 5.85. The molecule has 4 heteroatoms. The monoisotopic (exact) mass is 329 g/mol. The summed E-state index contributed by atoms with van der Waals surface area (Å²) in [5.74, 6) is 1.74. The van der Waals surface area contributed by atoms with Gasteiger partial charge in [-0.2, -0.15) is 0 Å². The van der Waals surface area contributed by atoms with Gasteiger partial charge in [-0.3, -0.25) is 0 Å². The number of nitrogens with zero attached hydrogens (tertiary/aromatic N) is 1. The Morgan fingerprint density at radius 3 is 2.48 bits per heavy atom. The lowest BCUT2D eigenvalue weighted by Gasteiger charge is -2.11. The SMILES string of the molecule is COc1ccc(CNc2ccccc2-c2nc3ccccc3[nH]2)cc1. The molecule has 0 aliphatic carbocycles. The molecule has 124 valence electrons. The first-order chi connectivity index (χ1) is 12.3. The molecule has 0 bridgehead atoms. The number of nitrogens with one attached hydrogen (secondary N) is 2. The van der Waals surface area contributed by atoms with Crippen molar-refractivity contribution < 1.29 is 4.74 Å². The van der Waals surface area contributed by atoms with E-state index < -0.39 is 0 Å². The third kappa shape index (κ3) is 3.19. The van der Waals surface area contributed by atoms with Gasteiger partial charge in [-0.25, -0.2) is 4.98 Å². The molecule has 0 spiro atoms. The zero-order valence-electron chi connectivity index (χ0n) is 14.0. The maximum atomic E-state index is 5.20. The molecule has 4 nitrogen and oxygen atoms in total. The summed E-state index contributed by atoms with van der Waals surface area (Å²) in [6.45, 7) is 0.737. The Bertz CT molecular complexity index is 956. The van der Waals surface area contributed by atoms with E-state index in [1.165, 1.54) is 5.56 Å². The quantitative estimate of drug-likeness (QED) is 0.550. The van der Waals surface area contributed by atoms with Crippen LogP contribution >= 0.6 is 0 Å². The third-order valence-corrected chi connectivity index (χ3v) is 4.21. The summed E-state index contributed by atoms with van der Waals surface area (Å²) >= 11 is 0. The average Bonchev–Trinajstić information content (AvgIpc) is 3.11. The molecule has 0 unspecified atom stereocenters. The summed E-state index contributed by atoms with van der Waals surface area (Å²) in [5.41, 5.74) is 5.33. The van der Waals surface area contributed by atoms with E-state index >= 15 is 0 Å². The summed E-state index contributed by atoms with van der Waals surface area (Å²) in [6.07, 6.45) is 0. The highest BCUT2D eigenvalue weighted by Gasteiger charge is 2.09. The van der Waals surface area contributed by atoms with Crippen LogP contribution in [-0.4, -0.2) is 17.1 Å². The van der Waals surface area contributed by atoms with E-state index in [-0.39, 0.29) is 0 Å². The van der Waals surface area contributed by atoms with Gasteiger partial charge in [-0.05, 0) is 42.0 Å². The molecule has 25 heavy (non-hydrogen) atoms. The van der Waals surface area contributed by atoms with E-state index in [1.54, 1.807) is 7.11 Å². The first-order valence-electron chi connectivity index (χ1n) is 8.24. The van der Waals surface area contributed by atoms with Crippen LogP contribution in [0.25, 0.3) is 22.4 Å². The molecular formula is C21H19N3O. The number of para-hydroxylation sites is 3. The van der Waals surface area contributed by atoms with Crippen LogP contribution in [0.1, 0.15) is 5.56 Å². The van der Waals surface area contributed by atoms with Gasteiger partial charge in [-0.1, -0.05) is 36.4 Å². The number of benzene rings is 3. The van der Waals surface area contributed by atoms with E-state index in [0.29, 0.717) is 0 Å². The number of fused-ring (bicyclic) bond motifs is 1. The van der Waals surface area contributed by atoms with Gasteiger partial charge in [0.1, 0.15) is 11.6 Å². The summed E-state index contributed by atoms with van der Waals surface area (Å²) in [5, 5.41) is 3.51. The molecule has 3 aromatic carbocycles. The van der Waals surface area contributed by atoms with Gasteiger partial charge in [0, 0.05) is 17.8 Å². The number of hydrogen-bond donors (Lipinski definition) is 2. The van der Waals surface area contributed by atoms with Crippen molar-refractivity contribution in [2.24, 2.45) is 0 Å². The van der Waals surface area contributed by atoms with Crippen LogP contribution in [0.5, 0.6) is 5.75 Å². The molecular weight excluding hydrogens is 310 g/mol. The highest BCUT2D eigenvalue weighted by molar-refractivity contribution is 5.82. The lowest BCUT2D eigenvalue weighted by atomic mass is 10.1. The number of rotatable bonds is 5.